The molecule has 0 aromatic heterocycles. The molecule has 0 aromatic rings. The molecule has 1 saturated heterocycles. The average Bonchev–Trinajstić information content (AvgIpc) is 2.15. The van der Waals surface area contributed by atoms with Crippen LogP contribution in [0.25, 0.3) is 0 Å². The van der Waals surface area contributed by atoms with Gasteiger partial charge in [-0.2, -0.15) is 0 Å². The van der Waals surface area contributed by atoms with Crippen molar-refractivity contribution in [3.05, 3.63) is 11.6 Å². The molecule has 0 aliphatic carbocycles. The highest BCUT2D eigenvalue weighted by Crippen LogP contribution is 2.05. The number of hydrogen-bond donors (Lipinski definition) is 1. The van der Waals surface area contributed by atoms with E-state index in [-0.39, 0.29) is 0 Å². The van der Waals surface area contributed by atoms with Crippen LogP contribution in [0.2, 0.25) is 0 Å². The Balaban J connectivity index is 2.37. The third-order valence-corrected chi connectivity index (χ3v) is 2.06. The molecule has 1 rings (SSSR count). The summed E-state index contributed by atoms with van der Waals surface area (Å²) in [5, 5.41) is 8.69. The van der Waals surface area contributed by atoms with Gasteiger partial charge in [-0.25, -0.2) is 4.79 Å². The third-order valence-electron chi connectivity index (χ3n) is 1.88. The minimum absolute atomic E-state index is 0.427. The van der Waals surface area contributed by atoms with Crippen LogP contribution in [0.3, 0.4) is 0 Å². The van der Waals surface area contributed by atoms with E-state index in [1.807, 2.05) is 4.90 Å². The standard InChI is InChI=1S/C8H12ClNO3/c9-2-1-3-10-4-5-13-7(6-10)8(11)12/h1-2,7H,3-6H2,(H,11,12)/b2-1+. The Morgan fingerprint density at radius 2 is 2.54 bits per heavy atom. The molecule has 4 nitrogen and oxygen atoms in total. The lowest BCUT2D eigenvalue weighted by molar-refractivity contribution is -0.155. The van der Waals surface area contributed by atoms with E-state index >= 15 is 0 Å². The molecule has 0 saturated carbocycles. The van der Waals surface area contributed by atoms with Gasteiger partial charge in [0.25, 0.3) is 0 Å². The maximum absolute atomic E-state index is 10.6. The van der Waals surface area contributed by atoms with Crippen LogP contribution < -0.4 is 0 Å². The molecule has 0 bridgehead atoms. The summed E-state index contributed by atoms with van der Waals surface area (Å²) in [4.78, 5) is 12.6. The number of nitrogens with zero attached hydrogens (tertiary/aromatic N) is 1. The van der Waals surface area contributed by atoms with E-state index in [0.717, 1.165) is 6.54 Å². The zero-order chi connectivity index (χ0) is 9.68. The Hall–Kier alpha value is -0.580. The zero-order valence-corrected chi connectivity index (χ0v) is 7.91. The minimum atomic E-state index is -0.903. The van der Waals surface area contributed by atoms with Gasteiger partial charge in [-0.3, -0.25) is 4.90 Å². The SMILES string of the molecule is O=C(O)C1CN(C/C=C/Cl)CCO1. The van der Waals surface area contributed by atoms with E-state index in [2.05, 4.69) is 0 Å². The molecule has 13 heavy (non-hydrogen) atoms. The number of aliphatic carboxylic acids is 1. The highest BCUT2D eigenvalue weighted by molar-refractivity contribution is 6.25. The minimum Gasteiger partial charge on any atom is -0.479 e. The number of morpholine rings is 1. The molecule has 0 amide bonds. The van der Waals surface area contributed by atoms with Gasteiger partial charge in [0.05, 0.1) is 6.61 Å². The van der Waals surface area contributed by atoms with Crippen LogP contribution in [0.4, 0.5) is 0 Å². The lowest BCUT2D eigenvalue weighted by Crippen LogP contribution is -2.45. The number of halogens is 1. The predicted molar refractivity (Wildman–Crippen MR) is 48.8 cm³/mol. The Bertz CT molecular complexity index is 208. The summed E-state index contributed by atoms with van der Waals surface area (Å²) >= 11 is 5.36. The number of carbonyl (C=O) groups is 1. The first-order chi connectivity index (χ1) is 6.24. The summed E-state index contributed by atoms with van der Waals surface area (Å²) in [7, 11) is 0. The van der Waals surface area contributed by atoms with Gasteiger partial charge in [0, 0.05) is 25.2 Å². The third kappa shape index (κ3) is 3.34. The van der Waals surface area contributed by atoms with Gasteiger partial charge in [-0.15, -0.1) is 0 Å². The van der Waals surface area contributed by atoms with Gasteiger partial charge in [0.2, 0.25) is 0 Å². The molecule has 74 valence electrons. The van der Waals surface area contributed by atoms with Crippen molar-refractivity contribution in [1.82, 2.24) is 4.90 Å². The van der Waals surface area contributed by atoms with E-state index in [1.54, 1.807) is 6.08 Å². The van der Waals surface area contributed by atoms with Crippen molar-refractivity contribution in [2.45, 2.75) is 6.10 Å². The van der Waals surface area contributed by atoms with Gasteiger partial charge in [-0.1, -0.05) is 17.7 Å². The molecule has 1 heterocycles. The van der Waals surface area contributed by atoms with Crippen LogP contribution in [-0.2, 0) is 9.53 Å². The van der Waals surface area contributed by atoms with Crippen LogP contribution >= 0.6 is 11.6 Å². The van der Waals surface area contributed by atoms with Crippen LogP contribution in [0.15, 0.2) is 11.6 Å². The lowest BCUT2D eigenvalue weighted by atomic mass is 10.3. The first kappa shape index (κ1) is 10.5. The molecule has 1 aliphatic rings. The summed E-state index contributed by atoms with van der Waals surface area (Å²) in [5.74, 6) is -0.903. The number of carboxylic acids is 1. The monoisotopic (exact) mass is 205 g/mol. The maximum atomic E-state index is 10.6. The van der Waals surface area contributed by atoms with Crippen molar-refractivity contribution in [2.24, 2.45) is 0 Å². The van der Waals surface area contributed by atoms with Gasteiger partial charge < -0.3 is 9.84 Å². The fourth-order valence-corrected chi connectivity index (χ4v) is 1.29. The second-order valence-electron chi connectivity index (χ2n) is 2.82. The van der Waals surface area contributed by atoms with Crippen molar-refractivity contribution in [3.8, 4) is 0 Å². The molecular weight excluding hydrogens is 194 g/mol. The highest BCUT2D eigenvalue weighted by Gasteiger charge is 2.25. The molecule has 1 N–H and O–H groups in total. The normalized spacial score (nSPS) is 25.2. The first-order valence-electron chi connectivity index (χ1n) is 4.06. The van der Waals surface area contributed by atoms with Crippen LogP contribution in [0, 0.1) is 0 Å². The number of hydrogen-bond acceptors (Lipinski definition) is 3. The summed E-state index contributed by atoms with van der Waals surface area (Å²) in [6, 6.07) is 0. The molecule has 1 fully saturated rings. The van der Waals surface area contributed by atoms with E-state index in [0.29, 0.717) is 19.7 Å². The number of ether oxygens (including phenoxy) is 1. The van der Waals surface area contributed by atoms with Gasteiger partial charge >= 0.3 is 5.97 Å². The highest BCUT2D eigenvalue weighted by atomic mass is 35.5. The van der Waals surface area contributed by atoms with E-state index in [4.69, 9.17) is 21.4 Å². The molecule has 0 aromatic carbocycles. The summed E-state index contributed by atoms with van der Waals surface area (Å²) in [6.45, 7) is 2.32. The fourth-order valence-electron chi connectivity index (χ4n) is 1.21. The molecule has 5 heteroatoms. The molecule has 0 radical (unpaired) electrons. The van der Waals surface area contributed by atoms with Gasteiger partial charge in [0.1, 0.15) is 0 Å². The van der Waals surface area contributed by atoms with E-state index < -0.39 is 12.1 Å². The topological polar surface area (TPSA) is 49.8 Å². The predicted octanol–water partition coefficient (Wildman–Crippen LogP) is 0.524. The Kier molecular flexibility index (Phi) is 4.21. The summed E-state index contributed by atoms with van der Waals surface area (Å²) in [5.41, 5.74) is 1.44. The maximum Gasteiger partial charge on any atom is 0.334 e. The van der Waals surface area contributed by atoms with Crippen LogP contribution in [-0.4, -0.2) is 48.3 Å². The van der Waals surface area contributed by atoms with Crippen molar-refractivity contribution < 1.29 is 14.6 Å². The first-order valence-corrected chi connectivity index (χ1v) is 4.49. The lowest BCUT2D eigenvalue weighted by Gasteiger charge is -2.29. The quantitative estimate of drug-likeness (QED) is 0.730. The molecule has 1 unspecified atom stereocenters. The average molecular weight is 206 g/mol. The zero-order valence-electron chi connectivity index (χ0n) is 7.15. The van der Waals surface area contributed by atoms with E-state index in [1.165, 1.54) is 5.54 Å². The Morgan fingerprint density at radius 3 is 3.15 bits per heavy atom. The van der Waals surface area contributed by atoms with E-state index in [9.17, 15) is 4.79 Å². The molecule has 1 atom stereocenters. The van der Waals surface area contributed by atoms with Crippen LogP contribution in [0.1, 0.15) is 0 Å². The van der Waals surface area contributed by atoms with Gasteiger partial charge in [0.15, 0.2) is 6.10 Å². The molecular formula is C8H12ClNO3. The second-order valence-corrected chi connectivity index (χ2v) is 3.07. The Morgan fingerprint density at radius 1 is 1.77 bits per heavy atom. The summed E-state index contributed by atoms with van der Waals surface area (Å²) in [6.07, 6.45) is 1.09. The number of carboxylic acid groups (broad SMARTS) is 1. The summed E-state index contributed by atoms with van der Waals surface area (Å²) < 4.78 is 5.05. The van der Waals surface area contributed by atoms with Crippen molar-refractivity contribution in [1.29, 1.82) is 0 Å². The molecule has 0 spiro atoms. The fraction of sp³-hybridized carbons (Fsp3) is 0.625. The largest absolute Gasteiger partial charge is 0.479 e. The second kappa shape index (κ2) is 5.21. The Labute approximate surface area is 81.7 Å². The van der Waals surface area contributed by atoms with Crippen molar-refractivity contribution in [3.63, 3.8) is 0 Å². The van der Waals surface area contributed by atoms with Crippen molar-refractivity contribution in [2.75, 3.05) is 26.2 Å². The number of rotatable bonds is 3. The van der Waals surface area contributed by atoms with Gasteiger partial charge in [-0.05, 0) is 0 Å². The molecule has 1 aliphatic heterocycles. The smallest absolute Gasteiger partial charge is 0.334 e. The van der Waals surface area contributed by atoms with Crippen LogP contribution in [0.5, 0.6) is 0 Å². The van der Waals surface area contributed by atoms with Crippen molar-refractivity contribution >= 4 is 17.6 Å².